The summed E-state index contributed by atoms with van der Waals surface area (Å²) in [6.07, 6.45) is 3.78. The van der Waals surface area contributed by atoms with Crippen molar-refractivity contribution in [3.05, 3.63) is 23.3 Å². The molecule has 0 bridgehead atoms. The first kappa shape index (κ1) is 10.9. The van der Waals surface area contributed by atoms with Gasteiger partial charge in [0.15, 0.2) is 11.6 Å². The predicted octanol–water partition coefficient (Wildman–Crippen LogP) is 2.45. The lowest BCUT2D eigenvalue weighted by Gasteiger charge is -2.26. The van der Waals surface area contributed by atoms with E-state index in [1.165, 1.54) is 12.2 Å². The van der Waals surface area contributed by atoms with Crippen molar-refractivity contribution in [2.75, 3.05) is 0 Å². The Morgan fingerprint density at radius 1 is 1.14 bits per heavy atom. The number of carbonyl (C=O) groups is 2. The summed E-state index contributed by atoms with van der Waals surface area (Å²) in [6.45, 7) is 7.66. The van der Waals surface area contributed by atoms with Crippen LogP contribution < -0.4 is 0 Å². The molecule has 0 amide bonds. The van der Waals surface area contributed by atoms with Crippen molar-refractivity contribution < 1.29 is 9.59 Å². The van der Waals surface area contributed by atoms with Crippen LogP contribution in [-0.4, -0.2) is 11.6 Å². The molecular formula is C12H16O2. The van der Waals surface area contributed by atoms with Crippen molar-refractivity contribution in [1.82, 2.24) is 0 Å². The average Bonchev–Trinajstić information content (AvgIpc) is 2.11. The second-order valence-corrected chi connectivity index (χ2v) is 4.35. The highest BCUT2D eigenvalue weighted by Gasteiger charge is 2.29. The lowest BCUT2D eigenvalue weighted by atomic mass is 9.76. The highest BCUT2D eigenvalue weighted by Crippen LogP contribution is 2.32. The van der Waals surface area contributed by atoms with Gasteiger partial charge in [-0.3, -0.25) is 9.59 Å². The van der Waals surface area contributed by atoms with E-state index in [0.29, 0.717) is 11.1 Å². The quantitative estimate of drug-likeness (QED) is 0.630. The molecule has 1 aliphatic carbocycles. The third-order valence-corrected chi connectivity index (χ3v) is 2.89. The minimum atomic E-state index is -0.204. The second-order valence-electron chi connectivity index (χ2n) is 4.35. The number of hydrogen-bond acceptors (Lipinski definition) is 2. The summed E-state index contributed by atoms with van der Waals surface area (Å²) in [5.74, 6) is -0.0601. The van der Waals surface area contributed by atoms with Gasteiger partial charge < -0.3 is 0 Å². The molecule has 2 nitrogen and oxygen atoms in total. The minimum absolute atomic E-state index is 0.0195. The van der Waals surface area contributed by atoms with Gasteiger partial charge in [0.1, 0.15) is 0 Å². The maximum Gasteiger partial charge on any atom is 0.182 e. The van der Waals surface area contributed by atoms with Gasteiger partial charge in [-0.1, -0.05) is 20.8 Å². The van der Waals surface area contributed by atoms with E-state index in [1.54, 1.807) is 6.92 Å². The van der Waals surface area contributed by atoms with E-state index in [1.807, 2.05) is 20.8 Å². The van der Waals surface area contributed by atoms with Gasteiger partial charge in [-0.15, -0.1) is 0 Å². The molecule has 0 aromatic rings. The lowest BCUT2D eigenvalue weighted by molar-refractivity contribution is -0.115. The van der Waals surface area contributed by atoms with Crippen LogP contribution in [-0.2, 0) is 9.59 Å². The van der Waals surface area contributed by atoms with E-state index >= 15 is 0 Å². The van der Waals surface area contributed by atoms with Crippen molar-refractivity contribution in [2.45, 2.75) is 34.1 Å². The third kappa shape index (κ3) is 1.84. The smallest absolute Gasteiger partial charge is 0.182 e. The van der Waals surface area contributed by atoms with Gasteiger partial charge in [-0.2, -0.15) is 0 Å². The highest BCUT2D eigenvalue weighted by atomic mass is 16.1. The molecule has 76 valence electrons. The molecule has 0 aromatic carbocycles. The molecule has 0 radical (unpaired) electrons. The standard InChI is InChI=1S/C12H16O2/c1-5-12(3,4)9-7-10(13)8(2)6-11(9)14/h6-7H,5H2,1-4H3. The topological polar surface area (TPSA) is 34.1 Å². The molecule has 0 heterocycles. The maximum atomic E-state index is 11.7. The van der Waals surface area contributed by atoms with E-state index in [4.69, 9.17) is 0 Å². The van der Waals surface area contributed by atoms with E-state index in [-0.39, 0.29) is 17.0 Å². The van der Waals surface area contributed by atoms with Gasteiger partial charge in [0, 0.05) is 11.1 Å². The van der Waals surface area contributed by atoms with Crippen LogP contribution in [0.1, 0.15) is 34.1 Å². The Kier molecular flexibility index (Phi) is 2.74. The van der Waals surface area contributed by atoms with Crippen molar-refractivity contribution >= 4 is 11.6 Å². The number of allylic oxidation sites excluding steroid dienone is 4. The van der Waals surface area contributed by atoms with Crippen LogP contribution in [0.2, 0.25) is 0 Å². The molecule has 0 saturated carbocycles. The lowest BCUT2D eigenvalue weighted by Crippen LogP contribution is -2.24. The number of rotatable bonds is 2. The van der Waals surface area contributed by atoms with Crippen LogP contribution in [0, 0.1) is 5.41 Å². The zero-order chi connectivity index (χ0) is 10.9. The monoisotopic (exact) mass is 192 g/mol. The Labute approximate surface area is 84.7 Å². The fourth-order valence-corrected chi connectivity index (χ4v) is 1.38. The summed E-state index contributed by atoms with van der Waals surface area (Å²) in [4.78, 5) is 23.1. The molecule has 2 heteroatoms. The van der Waals surface area contributed by atoms with E-state index in [0.717, 1.165) is 6.42 Å². The van der Waals surface area contributed by atoms with Crippen LogP contribution in [0.3, 0.4) is 0 Å². The first-order chi connectivity index (χ1) is 6.38. The predicted molar refractivity (Wildman–Crippen MR) is 55.9 cm³/mol. The Morgan fingerprint density at radius 2 is 1.71 bits per heavy atom. The molecule has 14 heavy (non-hydrogen) atoms. The van der Waals surface area contributed by atoms with Gasteiger partial charge >= 0.3 is 0 Å². The summed E-state index contributed by atoms with van der Waals surface area (Å²) in [5, 5.41) is 0. The average molecular weight is 192 g/mol. The van der Waals surface area contributed by atoms with Gasteiger partial charge in [0.05, 0.1) is 0 Å². The summed E-state index contributed by atoms with van der Waals surface area (Å²) in [6, 6.07) is 0. The summed E-state index contributed by atoms with van der Waals surface area (Å²) in [7, 11) is 0. The molecule has 1 aliphatic rings. The van der Waals surface area contributed by atoms with Gasteiger partial charge in [-0.05, 0) is 30.9 Å². The Balaban J connectivity index is 3.10. The van der Waals surface area contributed by atoms with Gasteiger partial charge in [-0.25, -0.2) is 0 Å². The fourth-order valence-electron chi connectivity index (χ4n) is 1.38. The number of hydrogen-bond donors (Lipinski definition) is 0. The van der Waals surface area contributed by atoms with Crippen LogP contribution in [0.5, 0.6) is 0 Å². The summed E-state index contributed by atoms with van der Waals surface area (Å²) < 4.78 is 0. The molecule has 0 aliphatic heterocycles. The minimum Gasteiger partial charge on any atom is -0.290 e. The highest BCUT2D eigenvalue weighted by molar-refractivity contribution is 6.20. The molecule has 0 aromatic heterocycles. The zero-order valence-electron chi connectivity index (χ0n) is 9.18. The van der Waals surface area contributed by atoms with Crippen molar-refractivity contribution in [2.24, 2.45) is 5.41 Å². The van der Waals surface area contributed by atoms with E-state index in [9.17, 15) is 9.59 Å². The molecule has 0 unspecified atom stereocenters. The molecule has 1 rings (SSSR count). The van der Waals surface area contributed by atoms with E-state index < -0.39 is 0 Å². The fraction of sp³-hybridized carbons (Fsp3) is 0.500. The van der Waals surface area contributed by atoms with Crippen molar-refractivity contribution in [1.29, 1.82) is 0 Å². The molecular weight excluding hydrogens is 176 g/mol. The van der Waals surface area contributed by atoms with Crippen LogP contribution >= 0.6 is 0 Å². The molecule has 0 atom stereocenters. The third-order valence-electron chi connectivity index (χ3n) is 2.89. The first-order valence-electron chi connectivity index (χ1n) is 4.87. The molecule has 0 fully saturated rings. The van der Waals surface area contributed by atoms with Crippen molar-refractivity contribution in [3.8, 4) is 0 Å². The SMILES string of the molecule is CCC(C)(C)C1=CC(=O)C(C)=CC1=O. The zero-order valence-corrected chi connectivity index (χ0v) is 9.18. The summed E-state index contributed by atoms with van der Waals surface area (Å²) >= 11 is 0. The van der Waals surface area contributed by atoms with Gasteiger partial charge in [0.2, 0.25) is 0 Å². The molecule has 0 spiro atoms. The Morgan fingerprint density at radius 3 is 2.21 bits per heavy atom. The Hall–Kier alpha value is -1.18. The Bertz CT molecular complexity index is 343. The van der Waals surface area contributed by atoms with Crippen molar-refractivity contribution in [3.63, 3.8) is 0 Å². The van der Waals surface area contributed by atoms with Crippen LogP contribution in [0.25, 0.3) is 0 Å². The largest absolute Gasteiger partial charge is 0.290 e. The molecule has 0 N–H and O–H groups in total. The first-order valence-corrected chi connectivity index (χ1v) is 4.87. The summed E-state index contributed by atoms with van der Waals surface area (Å²) in [5.41, 5.74) is 0.963. The number of ketones is 2. The van der Waals surface area contributed by atoms with Crippen LogP contribution in [0.4, 0.5) is 0 Å². The second kappa shape index (κ2) is 3.52. The normalized spacial score (nSPS) is 18.0. The van der Waals surface area contributed by atoms with Gasteiger partial charge in [0.25, 0.3) is 0 Å². The molecule has 0 saturated heterocycles. The number of carbonyl (C=O) groups excluding carboxylic acids is 2. The van der Waals surface area contributed by atoms with Crippen LogP contribution in [0.15, 0.2) is 23.3 Å². The van der Waals surface area contributed by atoms with E-state index in [2.05, 4.69) is 0 Å². The maximum absolute atomic E-state index is 11.7.